The minimum atomic E-state index is -2.97. The van der Waals surface area contributed by atoms with Crippen LogP contribution in [-0.4, -0.2) is 26.5 Å². The van der Waals surface area contributed by atoms with E-state index < -0.39 is 9.84 Å². The van der Waals surface area contributed by atoms with E-state index in [1.54, 1.807) is 31.2 Å². The van der Waals surface area contributed by atoms with Crippen LogP contribution in [0.3, 0.4) is 0 Å². The summed E-state index contributed by atoms with van der Waals surface area (Å²) >= 11 is 0. The van der Waals surface area contributed by atoms with Gasteiger partial charge in [-0.15, -0.1) is 0 Å². The van der Waals surface area contributed by atoms with Crippen molar-refractivity contribution in [2.75, 3.05) is 17.3 Å². The van der Waals surface area contributed by atoms with Crippen LogP contribution in [-0.2, 0) is 9.84 Å². The Kier molecular flexibility index (Phi) is 3.91. The van der Waals surface area contributed by atoms with Gasteiger partial charge in [0.25, 0.3) is 0 Å². The average molecular weight is 238 g/mol. The number of nitrogens with one attached hydrogen (secondary N) is 1. The Morgan fingerprint density at radius 1 is 1.38 bits per heavy atom. The smallest absolute Gasteiger partial charge is 0.149 e. The standard InChI is InChI=1S/C11H14N2O2S/c1-9(8-16(2,14)15)13-11-5-3-10(7-12)4-6-11/h3-6,9,13H,8H2,1-2H3. The van der Waals surface area contributed by atoms with E-state index in [1.165, 1.54) is 6.26 Å². The summed E-state index contributed by atoms with van der Waals surface area (Å²) in [6.45, 7) is 1.80. The van der Waals surface area contributed by atoms with E-state index >= 15 is 0 Å². The molecule has 1 rings (SSSR count). The Balaban J connectivity index is 2.64. The minimum absolute atomic E-state index is 0.0903. The molecule has 0 amide bonds. The fourth-order valence-corrected chi connectivity index (χ4v) is 2.41. The first-order chi connectivity index (χ1) is 7.40. The van der Waals surface area contributed by atoms with E-state index in [0.29, 0.717) is 5.56 Å². The highest BCUT2D eigenvalue weighted by Crippen LogP contribution is 2.10. The highest BCUT2D eigenvalue weighted by atomic mass is 32.2. The Morgan fingerprint density at radius 3 is 2.38 bits per heavy atom. The second-order valence-corrected chi connectivity index (χ2v) is 6.01. The summed E-state index contributed by atoms with van der Waals surface area (Å²) < 4.78 is 22.1. The topological polar surface area (TPSA) is 70.0 Å². The van der Waals surface area contributed by atoms with Gasteiger partial charge in [0.15, 0.2) is 0 Å². The maximum Gasteiger partial charge on any atom is 0.149 e. The molecule has 0 aliphatic rings. The Labute approximate surface area is 95.8 Å². The SMILES string of the molecule is CC(CS(C)(=O)=O)Nc1ccc(C#N)cc1. The van der Waals surface area contributed by atoms with Crippen LogP contribution in [0.1, 0.15) is 12.5 Å². The number of rotatable bonds is 4. The minimum Gasteiger partial charge on any atom is -0.382 e. The van der Waals surface area contributed by atoms with Crippen molar-refractivity contribution in [3.8, 4) is 6.07 Å². The Morgan fingerprint density at radius 2 is 1.94 bits per heavy atom. The normalized spacial score (nSPS) is 12.8. The van der Waals surface area contributed by atoms with Crippen molar-refractivity contribution >= 4 is 15.5 Å². The molecule has 0 spiro atoms. The lowest BCUT2D eigenvalue weighted by Gasteiger charge is -2.13. The lowest BCUT2D eigenvalue weighted by atomic mass is 10.2. The molecule has 0 heterocycles. The summed E-state index contributed by atoms with van der Waals surface area (Å²) in [6, 6.07) is 8.77. The van der Waals surface area contributed by atoms with E-state index in [0.717, 1.165) is 5.69 Å². The van der Waals surface area contributed by atoms with Crippen molar-refractivity contribution in [3.63, 3.8) is 0 Å². The van der Waals surface area contributed by atoms with Gasteiger partial charge in [0.1, 0.15) is 9.84 Å². The van der Waals surface area contributed by atoms with Gasteiger partial charge in [-0.1, -0.05) is 0 Å². The zero-order valence-corrected chi connectivity index (χ0v) is 10.1. The third-order valence-electron chi connectivity index (χ3n) is 1.98. The van der Waals surface area contributed by atoms with Gasteiger partial charge in [0.2, 0.25) is 0 Å². The number of hydrogen-bond acceptors (Lipinski definition) is 4. The zero-order valence-electron chi connectivity index (χ0n) is 9.27. The molecular weight excluding hydrogens is 224 g/mol. The number of nitriles is 1. The van der Waals surface area contributed by atoms with Gasteiger partial charge in [0.05, 0.1) is 17.4 Å². The van der Waals surface area contributed by atoms with E-state index in [2.05, 4.69) is 5.32 Å². The fourth-order valence-electron chi connectivity index (χ4n) is 1.42. The molecule has 0 aromatic heterocycles. The predicted octanol–water partition coefficient (Wildman–Crippen LogP) is 1.40. The van der Waals surface area contributed by atoms with Crippen molar-refractivity contribution in [2.24, 2.45) is 0 Å². The van der Waals surface area contributed by atoms with Crippen LogP contribution >= 0.6 is 0 Å². The Bertz CT molecular complexity index is 486. The molecule has 0 saturated heterocycles. The molecule has 0 aliphatic heterocycles. The summed E-state index contributed by atoms with van der Waals surface area (Å²) in [5.74, 6) is 0.0903. The van der Waals surface area contributed by atoms with Crippen LogP contribution in [0.15, 0.2) is 24.3 Å². The molecule has 86 valence electrons. The molecule has 16 heavy (non-hydrogen) atoms. The molecule has 0 saturated carbocycles. The molecule has 0 aliphatic carbocycles. The van der Waals surface area contributed by atoms with Crippen molar-refractivity contribution < 1.29 is 8.42 Å². The van der Waals surface area contributed by atoms with Gasteiger partial charge in [0, 0.05) is 18.0 Å². The molecule has 1 unspecified atom stereocenters. The average Bonchev–Trinajstić information content (AvgIpc) is 2.16. The molecule has 1 atom stereocenters. The second-order valence-electron chi connectivity index (χ2n) is 3.83. The highest BCUT2D eigenvalue weighted by molar-refractivity contribution is 7.90. The first-order valence-corrected chi connectivity index (χ1v) is 6.91. The van der Waals surface area contributed by atoms with Crippen LogP contribution in [0.2, 0.25) is 0 Å². The number of sulfone groups is 1. The quantitative estimate of drug-likeness (QED) is 0.860. The first-order valence-electron chi connectivity index (χ1n) is 4.85. The van der Waals surface area contributed by atoms with Crippen LogP contribution in [0.5, 0.6) is 0 Å². The zero-order chi connectivity index (χ0) is 12.2. The maximum absolute atomic E-state index is 11.0. The fraction of sp³-hybridized carbons (Fsp3) is 0.364. The molecular formula is C11H14N2O2S. The van der Waals surface area contributed by atoms with Gasteiger partial charge in [-0.05, 0) is 31.2 Å². The lowest BCUT2D eigenvalue weighted by Crippen LogP contribution is -2.24. The third-order valence-corrected chi connectivity index (χ3v) is 3.09. The second kappa shape index (κ2) is 4.99. The summed E-state index contributed by atoms with van der Waals surface area (Å²) in [5.41, 5.74) is 1.40. The van der Waals surface area contributed by atoms with E-state index in [-0.39, 0.29) is 11.8 Å². The van der Waals surface area contributed by atoms with Crippen molar-refractivity contribution in [3.05, 3.63) is 29.8 Å². The summed E-state index contributed by atoms with van der Waals surface area (Å²) in [6.07, 6.45) is 1.21. The highest BCUT2D eigenvalue weighted by Gasteiger charge is 2.09. The van der Waals surface area contributed by atoms with Crippen LogP contribution < -0.4 is 5.32 Å². The molecule has 5 heteroatoms. The van der Waals surface area contributed by atoms with E-state index in [1.807, 2.05) is 6.07 Å². The molecule has 0 fully saturated rings. The van der Waals surface area contributed by atoms with Crippen molar-refractivity contribution in [2.45, 2.75) is 13.0 Å². The molecule has 4 nitrogen and oxygen atoms in total. The monoisotopic (exact) mass is 238 g/mol. The number of hydrogen-bond donors (Lipinski definition) is 1. The summed E-state index contributed by atoms with van der Waals surface area (Å²) in [4.78, 5) is 0. The van der Waals surface area contributed by atoms with Gasteiger partial charge < -0.3 is 5.32 Å². The number of nitrogens with zero attached hydrogens (tertiary/aromatic N) is 1. The van der Waals surface area contributed by atoms with Gasteiger partial charge in [-0.3, -0.25) is 0 Å². The first kappa shape index (κ1) is 12.5. The summed E-state index contributed by atoms with van der Waals surface area (Å²) in [5, 5.41) is 11.7. The molecule has 1 aromatic rings. The van der Waals surface area contributed by atoms with Crippen LogP contribution in [0, 0.1) is 11.3 Å². The van der Waals surface area contributed by atoms with Crippen LogP contribution in [0.25, 0.3) is 0 Å². The number of anilines is 1. The van der Waals surface area contributed by atoms with Crippen molar-refractivity contribution in [1.29, 1.82) is 5.26 Å². The molecule has 0 radical (unpaired) electrons. The molecule has 0 bridgehead atoms. The van der Waals surface area contributed by atoms with Gasteiger partial charge in [-0.2, -0.15) is 5.26 Å². The van der Waals surface area contributed by atoms with Gasteiger partial charge in [-0.25, -0.2) is 8.42 Å². The van der Waals surface area contributed by atoms with Gasteiger partial charge >= 0.3 is 0 Å². The Hall–Kier alpha value is -1.54. The van der Waals surface area contributed by atoms with Crippen LogP contribution in [0.4, 0.5) is 5.69 Å². The molecule has 1 aromatic carbocycles. The largest absolute Gasteiger partial charge is 0.382 e. The third kappa shape index (κ3) is 4.32. The van der Waals surface area contributed by atoms with Crippen molar-refractivity contribution in [1.82, 2.24) is 0 Å². The predicted molar refractivity (Wildman–Crippen MR) is 64.0 cm³/mol. The maximum atomic E-state index is 11.0. The summed E-state index contributed by atoms with van der Waals surface area (Å²) in [7, 11) is -2.97. The lowest BCUT2D eigenvalue weighted by molar-refractivity contribution is 0.598. The van der Waals surface area contributed by atoms with E-state index in [4.69, 9.17) is 5.26 Å². The number of benzene rings is 1. The van der Waals surface area contributed by atoms with E-state index in [9.17, 15) is 8.42 Å². The molecule has 1 N–H and O–H groups in total.